The first-order chi connectivity index (χ1) is 4.42. The minimum Gasteiger partial charge on any atom is -0.547 e. The molecule has 1 N–H and O–H groups in total. The largest absolute Gasteiger partial charge is 1.00 e. The normalized spacial score (nSPS) is 12.2. The van der Waals surface area contributed by atoms with Crippen molar-refractivity contribution < 1.29 is 49.4 Å². The summed E-state index contributed by atoms with van der Waals surface area (Å²) in [5.41, 5.74) is -2.32. The zero-order valence-electron chi connectivity index (χ0n) is 6.88. The summed E-state index contributed by atoms with van der Waals surface area (Å²) < 4.78 is 0. The molecule has 0 heterocycles. The average molecular weight is 200 g/mol. The molecule has 0 rings (SSSR count). The Balaban J connectivity index is -0.000000135. The molecule has 0 aromatic rings. The molecule has 0 fully saturated rings. The molecule has 0 amide bonds. The molecule has 0 aromatic heterocycles. The molecule has 13 heavy (non-hydrogen) atoms. The minimum absolute atomic E-state index is 0. The van der Waals surface area contributed by atoms with Crippen molar-refractivity contribution in [3.63, 3.8) is 0 Å². The number of Topliss-reactive ketones (excluding diaryl/α,β-unsaturated/α-hetero) is 1. The topological polar surface area (TPSA) is 77.4 Å². The third-order valence-corrected chi connectivity index (χ3v) is 1.26. The van der Waals surface area contributed by atoms with Gasteiger partial charge in [0.05, 0.1) is 5.97 Å². The number of carboxylic acids is 1. The van der Waals surface area contributed by atoms with E-state index < -0.39 is 17.4 Å². The van der Waals surface area contributed by atoms with Gasteiger partial charge in [-0.25, -0.2) is 0 Å². The van der Waals surface area contributed by atoms with Crippen LogP contribution in [0, 0.1) is 0 Å². The van der Waals surface area contributed by atoms with Gasteiger partial charge in [0.1, 0.15) is 0 Å². The van der Waals surface area contributed by atoms with Crippen molar-refractivity contribution in [2.45, 2.75) is 40.7 Å². The Morgan fingerprint density at radius 1 is 1.38 bits per heavy atom. The number of aliphatic hydroxyl groups is 1. The van der Waals surface area contributed by atoms with E-state index in [2.05, 4.69) is 0 Å². The molecule has 74 valence electrons. The monoisotopic (exact) mass is 200 g/mol. The Bertz CT molecular complexity index is 166. The van der Waals surface area contributed by atoms with Crippen molar-refractivity contribution in [2.24, 2.45) is 0 Å². The van der Waals surface area contributed by atoms with Crippen molar-refractivity contribution in [3.8, 4) is 0 Å². The van der Waals surface area contributed by atoms with Crippen LogP contribution in [-0.2, 0) is 9.59 Å². The average Bonchev–Trinajstić information content (AvgIpc) is 1.86. The summed E-state index contributed by atoms with van der Waals surface area (Å²) >= 11 is 0. The van der Waals surface area contributed by atoms with Crippen molar-refractivity contribution >= 4 is 11.8 Å². The summed E-state index contributed by atoms with van der Waals surface area (Å²) in [4.78, 5) is 20.6. The Labute approximate surface area is 102 Å². The molecule has 0 aliphatic rings. The van der Waals surface area contributed by atoms with E-state index in [9.17, 15) is 14.7 Å². The second-order valence-corrected chi connectivity index (χ2v) is 2.14. The molecule has 0 aliphatic carbocycles. The van der Waals surface area contributed by atoms with E-state index in [0.717, 1.165) is 6.92 Å². The number of aliphatic carboxylic acids is 1. The van der Waals surface area contributed by atoms with Crippen molar-refractivity contribution in [3.05, 3.63) is 0 Å². The van der Waals surface area contributed by atoms with Crippen LogP contribution in [-0.4, -0.2) is 22.5 Å². The molecule has 0 bridgehead atoms. The van der Waals surface area contributed by atoms with Gasteiger partial charge in [-0.15, -0.1) is 0 Å². The fourth-order valence-electron chi connectivity index (χ4n) is 0.458. The van der Waals surface area contributed by atoms with Crippen LogP contribution in [0.15, 0.2) is 0 Å². The van der Waals surface area contributed by atoms with E-state index >= 15 is 0 Å². The number of hydrogen-bond acceptors (Lipinski definition) is 4. The molecule has 4 nitrogen and oxygen atoms in total. The summed E-state index contributed by atoms with van der Waals surface area (Å²) in [5, 5.41) is 18.9. The van der Waals surface area contributed by atoms with Gasteiger partial charge in [0.2, 0.25) is 0 Å². The van der Waals surface area contributed by atoms with Gasteiger partial charge >= 0.3 is 29.6 Å². The second-order valence-electron chi connectivity index (χ2n) is 2.14. The van der Waals surface area contributed by atoms with E-state index in [0.29, 0.717) is 0 Å². The van der Waals surface area contributed by atoms with Gasteiger partial charge in [-0.2, -0.15) is 0 Å². The quantitative estimate of drug-likeness (QED) is 0.383. The smallest absolute Gasteiger partial charge is 0.547 e. The third kappa shape index (κ3) is 6.21. The fourth-order valence-corrected chi connectivity index (χ4v) is 0.458. The Morgan fingerprint density at radius 2 is 1.69 bits per heavy atom. The first-order valence-corrected chi connectivity index (χ1v) is 2.90. The van der Waals surface area contributed by atoms with Crippen LogP contribution in [0.5, 0.6) is 0 Å². The van der Waals surface area contributed by atoms with Gasteiger partial charge in [-0.1, -0.05) is 21.8 Å². The van der Waals surface area contributed by atoms with Gasteiger partial charge in [-0.05, 0) is 6.92 Å². The minimum atomic E-state index is -2.32. The second kappa shape index (κ2) is 8.69. The summed E-state index contributed by atoms with van der Waals surface area (Å²) in [5.74, 6) is -2.49. The first-order valence-electron chi connectivity index (χ1n) is 2.90. The molecule has 1 atom stereocenters. The maximum absolute atomic E-state index is 10.6. The number of carboxylic acid groups (broad SMARTS) is 1. The molecule has 0 saturated heterocycles. The molecule has 1 unspecified atom stereocenters. The number of ketones is 1. The molecule has 5 heteroatoms. The van der Waals surface area contributed by atoms with Gasteiger partial charge in [-0.3, -0.25) is 4.79 Å². The summed E-state index contributed by atoms with van der Waals surface area (Å²) in [7, 11) is 0. The predicted octanol–water partition coefficient (Wildman–Crippen LogP) is -3.26. The Morgan fingerprint density at radius 3 is 1.77 bits per heavy atom. The first kappa shape index (κ1) is 23.2. The predicted molar refractivity (Wildman–Crippen MR) is 44.4 cm³/mol. The molecular weight excluding hydrogens is 183 g/mol. The Kier molecular flexibility index (Phi) is 15.5. The summed E-state index contributed by atoms with van der Waals surface area (Å²) in [6.07, 6.45) is -0.0129. The van der Waals surface area contributed by atoms with E-state index in [1.807, 2.05) is 0 Å². The van der Waals surface area contributed by atoms with Crippen LogP contribution >= 0.6 is 0 Å². The number of carbonyl (C=O) groups is 2. The number of hydrogen-bond donors (Lipinski definition) is 1. The third-order valence-electron chi connectivity index (χ3n) is 1.26. The maximum atomic E-state index is 10.6. The summed E-state index contributed by atoms with van der Waals surface area (Å²) in [6.45, 7) is 2.38. The van der Waals surface area contributed by atoms with Crippen LogP contribution in [0.2, 0.25) is 0 Å². The zero-order chi connectivity index (χ0) is 8.36. The van der Waals surface area contributed by atoms with Crippen LogP contribution in [0.1, 0.15) is 35.1 Å². The number of rotatable bonds is 3. The molecule has 0 aromatic carbocycles. The Hall–Kier alpha value is 0.100. The fraction of sp³-hybridized carbons (Fsp3) is 0.750. The molecule has 0 saturated carbocycles. The van der Waals surface area contributed by atoms with Crippen LogP contribution in [0.4, 0.5) is 0 Å². The SMILES string of the molecule is C.C.CCC(=O)C(C)(O)C(=O)[O-].[Na+]. The van der Waals surface area contributed by atoms with E-state index in [1.54, 1.807) is 0 Å². The van der Waals surface area contributed by atoms with Crippen molar-refractivity contribution in [1.82, 2.24) is 0 Å². The van der Waals surface area contributed by atoms with Crippen LogP contribution < -0.4 is 34.7 Å². The van der Waals surface area contributed by atoms with Gasteiger partial charge in [0.15, 0.2) is 11.4 Å². The summed E-state index contributed by atoms with van der Waals surface area (Å²) in [6, 6.07) is 0. The van der Waals surface area contributed by atoms with Crippen molar-refractivity contribution in [1.29, 1.82) is 0 Å². The van der Waals surface area contributed by atoms with Crippen molar-refractivity contribution in [2.75, 3.05) is 0 Å². The van der Waals surface area contributed by atoms with Gasteiger partial charge < -0.3 is 15.0 Å². The molecular formula is C8H17NaO4. The number of carbonyl (C=O) groups excluding carboxylic acids is 2. The van der Waals surface area contributed by atoms with Gasteiger partial charge in [0, 0.05) is 6.42 Å². The maximum Gasteiger partial charge on any atom is 1.00 e. The zero-order valence-corrected chi connectivity index (χ0v) is 8.88. The van der Waals surface area contributed by atoms with E-state index in [-0.39, 0.29) is 50.8 Å². The van der Waals surface area contributed by atoms with Crippen LogP contribution in [0.3, 0.4) is 0 Å². The molecule has 0 radical (unpaired) electrons. The molecule has 0 spiro atoms. The van der Waals surface area contributed by atoms with Crippen LogP contribution in [0.25, 0.3) is 0 Å². The van der Waals surface area contributed by atoms with E-state index in [1.165, 1.54) is 6.92 Å². The van der Waals surface area contributed by atoms with Gasteiger partial charge in [0.25, 0.3) is 0 Å². The molecule has 0 aliphatic heterocycles. The standard InChI is InChI=1S/C6H10O4.2CH4.Na/c1-3-4(7)6(2,10)5(8)9;;;/h10H,3H2,1-2H3,(H,8,9);2*1H4;/q;;;+1/p-1. The van der Waals surface area contributed by atoms with E-state index in [4.69, 9.17) is 5.11 Å².